The first-order valence-corrected chi connectivity index (χ1v) is 13.1. The fourth-order valence-electron chi connectivity index (χ4n) is 7.11. The van der Waals surface area contributed by atoms with Crippen molar-refractivity contribution in [3.8, 4) is 0 Å². The van der Waals surface area contributed by atoms with Gasteiger partial charge in [0.05, 0.1) is 29.6 Å². The van der Waals surface area contributed by atoms with Crippen LogP contribution in [0, 0.1) is 29.1 Å². The van der Waals surface area contributed by atoms with Gasteiger partial charge in [0, 0.05) is 24.6 Å². The Morgan fingerprint density at radius 2 is 1.92 bits per heavy atom. The number of carbonyl (C=O) groups is 3. The molecule has 4 aliphatic carbocycles. The highest BCUT2D eigenvalue weighted by molar-refractivity contribution is 5.95. The number of primary amides is 1. The molecule has 4 fully saturated rings. The molecule has 1 aromatic heterocycles. The van der Waals surface area contributed by atoms with Crippen molar-refractivity contribution in [1.29, 1.82) is 0 Å². The van der Waals surface area contributed by atoms with E-state index in [0.29, 0.717) is 42.3 Å². The Hall–Kier alpha value is -2.84. The zero-order valence-electron chi connectivity index (χ0n) is 22.2. The lowest BCUT2D eigenvalue weighted by atomic mass is 9.48. The molecule has 1 heterocycles. The number of nitrogens with one attached hydrogen (secondary N) is 2. The van der Waals surface area contributed by atoms with Gasteiger partial charge in [0.2, 0.25) is 5.91 Å². The zero-order valence-corrected chi connectivity index (χ0v) is 22.2. The standard InChI is InChI=1S/C27H41N5O4/c1-16(2)8-22-21(14-29-32(22)7-6-26(4,5)31-17(3)33)24(34)30-23-19-9-18-10-20(23)13-27(11-18,12-19)15-36-25(28)35/h6-7,14,16,18-20,23H,8-13,15H2,1-5H3,(H2,28,35)(H,30,34)(H,31,33)/b7-6+. The van der Waals surface area contributed by atoms with Gasteiger partial charge in [0.25, 0.3) is 5.91 Å². The Kier molecular flexibility index (Phi) is 7.21. The van der Waals surface area contributed by atoms with Crippen LogP contribution in [0.3, 0.4) is 0 Å². The summed E-state index contributed by atoms with van der Waals surface area (Å²) in [5.74, 6) is 1.56. The summed E-state index contributed by atoms with van der Waals surface area (Å²) >= 11 is 0. The fourth-order valence-corrected chi connectivity index (χ4v) is 7.11. The molecular weight excluding hydrogens is 458 g/mol. The van der Waals surface area contributed by atoms with Gasteiger partial charge in [0.15, 0.2) is 0 Å². The molecule has 3 amide bonds. The number of ether oxygens (including phenoxy) is 1. The Morgan fingerprint density at radius 3 is 2.50 bits per heavy atom. The Bertz CT molecular complexity index is 1030. The molecule has 0 radical (unpaired) electrons. The second-order valence-electron chi connectivity index (χ2n) is 12.3. The molecule has 36 heavy (non-hydrogen) atoms. The van der Waals surface area contributed by atoms with E-state index >= 15 is 0 Å². The number of rotatable bonds is 9. The molecule has 9 heteroatoms. The molecule has 0 aromatic carbocycles. The van der Waals surface area contributed by atoms with Crippen LogP contribution in [-0.4, -0.2) is 45.9 Å². The summed E-state index contributed by atoms with van der Waals surface area (Å²) in [6.07, 6.45) is 10.6. The van der Waals surface area contributed by atoms with E-state index in [0.717, 1.165) is 37.8 Å². The molecular formula is C27H41N5O4. The first-order chi connectivity index (χ1) is 16.9. The number of amides is 3. The lowest BCUT2D eigenvalue weighted by molar-refractivity contribution is -0.120. The topological polar surface area (TPSA) is 128 Å². The minimum absolute atomic E-state index is 0.00590. The largest absolute Gasteiger partial charge is 0.449 e. The van der Waals surface area contributed by atoms with E-state index in [-0.39, 0.29) is 23.3 Å². The van der Waals surface area contributed by atoms with Crippen LogP contribution >= 0.6 is 0 Å². The predicted molar refractivity (Wildman–Crippen MR) is 137 cm³/mol. The molecule has 4 aliphatic rings. The Labute approximate surface area is 213 Å². The van der Waals surface area contributed by atoms with Crippen LogP contribution in [0.1, 0.15) is 82.8 Å². The van der Waals surface area contributed by atoms with Gasteiger partial charge in [-0.25, -0.2) is 9.48 Å². The number of hydrogen-bond acceptors (Lipinski definition) is 5. The van der Waals surface area contributed by atoms with Crippen molar-refractivity contribution in [2.45, 2.75) is 84.7 Å². The maximum atomic E-state index is 13.6. The molecule has 4 N–H and O–H groups in total. The van der Waals surface area contributed by atoms with Crippen molar-refractivity contribution in [3.63, 3.8) is 0 Å². The highest BCUT2D eigenvalue weighted by Crippen LogP contribution is 2.60. The number of hydrogen-bond donors (Lipinski definition) is 3. The molecule has 2 atom stereocenters. The normalized spacial score (nSPS) is 29.1. The highest BCUT2D eigenvalue weighted by Gasteiger charge is 2.56. The highest BCUT2D eigenvalue weighted by atomic mass is 16.5. The molecule has 9 nitrogen and oxygen atoms in total. The molecule has 4 bridgehead atoms. The third-order valence-corrected chi connectivity index (χ3v) is 8.09. The molecule has 5 rings (SSSR count). The van der Waals surface area contributed by atoms with Crippen LogP contribution in [-0.2, 0) is 16.0 Å². The van der Waals surface area contributed by atoms with Crippen LogP contribution in [0.15, 0.2) is 12.3 Å². The summed E-state index contributed by atoms with van der Waals surface area (Å²) in [6, 6.07) is 0.125. The van der Waals surface area contributed by atoms with E-state index in [9.17, 15) is 14.4 Å². The maximum absolute atomic E-state index is 13.6. The molecule has 4 saturated carbocycles. The van der Waals surface area contributed by atoms with Crippen molar-refractivity contribution in [2.75, 3.05) is 6.61 Å². The Balaban J connectivity index is 1.50. The van der Waals surface area contributed by atoms with E-state index < -0.39 is 11.6 Å². The lowest BCUT2D eigenvalue weighted by Crippen LogP contribution is -2.60. The van der Waals surface area contributed by atoms with Gasteiger partial charge in [-0.05, 0) is 82.1 Å². The molecule has 1 aromatic rings. The van der Waals surface area contributed by atoms with Crippen molar-refractivity contribution in [1.82, 2.24) is 20.4 Å². The second kappa shape index (κ2) is 9.90. The van der Waals surface area contributed by atoms with Gasteiger partial charge in [0.1, 0.15) is 0 Å². The lowest BCUT2D eigenvalue weighted by Gasteiger charge is -2.59. The molecule has 0 spiro atoms. The van der Waals surface area contributed by atoms with Crippen LogP contribution in [0.2, 0.25) is 0 Å². The number of aromatic nitrogens is 2. The van der Waals surface area contributed by atoms with E-state index in [1.165, 1.54) is 6.92 Å². The third-order valence-electron chi connectivity index (χ3n) is 8.09. The van der Waals surface area contributed by atoms with Gasteiger partial charge >= 0.3 is 6.09 Å². The van der Waals surface area contributed by atoms with Crippen molar-refractivity contribution in [2.24, 2.45) is 34.8 Å². The van der Waals surface area contributed by atoms with E-state index in [1.807, 2.05) is 26.1 Å². The van der Waals surface area contributed by atoms with Gasteiger partial charge < -0.3 is 21.1 Å². The van der Waals surface area contributed by atoms with E-state index in [4.69, 9.17) is 10.5 Å². The van der Waals surface area contributed by atoms with Crippen LogP contribution < -0.4 is 16.4 Å². The monoisotopic (exact) mass is 499 g/mol. The van der Waals surface area contributed by atoms with Crippen molar-refractivity contribution >= 4 is 24.1 Å². The Morgan fingerprint density at radius 1 is 1.25 bits per heavy atom. The maximum Gasteiger partial charge on any atom is 0.404 e. The molecule has 2 unspecified atom stereocenters. The summed E-state index contributed by atoms with van der Waals surface area (Å²) in [5.41, 5.74) is 6.19. The molecule has 198 valence electrons. The van der Waals surface area contributed by atoms with E-state index in [2.05, 4.69) is 29.6 Å². The quantitative estimate of drug-likeness (QED) is 0.479. The summed E-state index contributed by atoms with van der Waals surface area (Å²) in [7, 11) is 0. The average molecular weight is 500 g/mol. The van der Waals surface area contributed by atoms with Gasteiger partial charge in [-0.15, -0.1) is 0 Å². The summed E-state index contributed by atoms with van der Waals surface area (Å²) in [4.78, 5) is 36.3. The van der Waals surface area contributed by atoms with Gasteiger partial charge in [-0.3, -0.25) is 9.59 Å². The molecule has 0 saturated heterocycles. The SMILES string of the molecule is CC(=O)NC(C)(C)/C=C/n1ncc(C(=O)NC2C3CC4CC2CC(COC(N)=O)(C4)C3)c1CC(C)C. The van der Waals surface area contributed by atoms with Gasteiger partial charge in [-0.2, -0.15) is 5.10 Å². The zero-order chi connectivity index (χ0) is 26.3. The first-order valence-electron chi connectivity index (χ1n) is 13.1. The second-order valence-corrected chi connectivity index (χ2v) is 12.3. The van der Waals surface area contributed by atoms with Gasteiger partial charge in [-0.1, -0.05) is 13.8 Å². The smallest absolute Gasteiger partial charge is 0.404 e. The number of nitrogens with two attached hydrogens (primary N) is 1. The predicted octanol–water partition coefficient (Wildman–Crippen LogP) is 3.49. The van der Waals surface area contributed by atoms with Crippen molar-refractivity contribution in [3.05, 3.63) is 23.5 Å². The fraction of sp³-hybridized carbons (Fsp3) is 0.704. The summed E-state index contributed by atoms with van der Waals surface area (Å²) in [6.45, 7) is 9.95. The van der Waals surface area contributed by atoms with Crippen LogP contribution in [0.4, 0.5) is 4.79 Å². The number of carbonyl (C=O) groups excluding carboxylic acids is 3. The minimum Gasteiger partial charge on any atom is -0.449 e. The van der Waals surface area contributed by atoms with Crippen LogP contribution in [0.5, 0.6) is 0 Å². The third kappa shape index (κ3) is 5.76. The molecule has 0 aliphatic heterocycles. The number of nitrogens with zero attached hydrogens (tertiary/aromatic N) is 2. The van der Waals surface area contributed by atoms with Crippen LogP contribution in [0.25, 0.3) is 6.20 Å². The minimum atomic E-state index is -0.709. The first kappa shape index (κ1) is 26.2. The summed E-state index contributed by atoms with van der Waals surface area (Å²) in [5, 5.41) is 10.8. The summed E-state index contributed by atoms with van der Waals surface area (Å²) < 4.78 is 7.00. The van der Waals surface area contributed by atoms with Crippen molar-refractivity contribution < 1.29 is 19.1 Å². The average Bonchev–Trinajstić information content (AvgIpc) is 3.14. The van der Waals surface area contributed by atoms with E-state index in [1.54, 1.807) is 10.9 Å².